The smallest absolute Gasteiger partial charge is 0.147 e. The van der Waals surface area contributed by atoms with Gasteiger partial charge in [-0.05, 0) is 36.8 Å². The van der Waals surface area contributed by atoms with Gasteiger partial charge in [-0.25, -0.2) is 0 Å². The summed E-state index contributed by atoms with van der Waals surface area (Å²) in [4.78, 5) is 16.9. The Balaban J connectivity index is 1.85. The predicted octanol–water partition coefficient (Wildman–Crippen LogP) is 3.29. The van der Waals surface area contributed by atoms with Gasteiger partial charge in [0.05, 0.1) is 5.75 Å². The van der Waals surface area contributed by atoms with E-state index in [1.807, 2.05) is 24.3 Å². The molecule has 3 heteroatoms. The van der Waals surface area contributed by atoms with Crippen LogP contribution in [0.4, 0.5) is 0 Å². The third-order valence-electron chi connectivity index (χ3n) is 2.54. The fourth-order valence-corrected chi connectivity index (χ4v) is 2.52. The first-order valence-corrected chi connectivity index (χ1v) is 6.82. The zero-order valence-corrected chi connectivity index (χ0v) is 11.1. The molecule has 0 bridgehead atoms. The Bertz CT molecular complexity index is 525. The van der Waals surface area contributed by atoms with Gasteiger partial charge < -0.3 is 0 Å². The number of thioether (sulfide) groups is 1. The molecule has 0 amide bonds. The minimum Gasteiger partial charge on any atom is -0.298 e. The zero-order valence-electron chi connectivity index (χ0n) is 10.3. The maximum atomic E-state index is 11.8. The van der Waals surface area contributed by atoms with Crippen LogP contribution in [-0.2, 0) is 11.2 Å². The number of ketones is 1. The van der Waals surface area contributed by atoms with E-state index in [2.05, 4.69) is 24.0 Å². The summed E-state index contributed by atoms with van der Waals surface area (Å²) in [6, 6.07) is 12.0. The molecule has 0 radical (unpaired) electrons. The third-order valence-corrected chi connectivity index (χ3v) is 3.59. The molecular weight excluding hydrogens is 242 g/mol. The molecule has 0 aliphatic rings. The molecule has 0 spiro atoms. The fourth-order valence-electron chi connectivity index (χ4n) is 1.65. The topological polar surface area (TPSA) is 30.0 Å². The molecule has 0 atom stereocenters. The third kappa shape index (κ3) is 4.00. The van der Waals surface area contributed by atoms with Crippen molar-refractivity contribution in [2.45, 2.75) is 18.2 Å². The molecule has 1 aromatic heterocycles. The summed E-state index contributed by atoms with van der Waals surface area (Å²) in [5.41, 5.74) is 2.25. The standard InChI is InChI=1S/C15H15NOS/c1-12-3-2-4-15(9-12)18-11-14(17)10-13-5-7-16-8-6-13/h2-9H,10-11H2,1H3. The second kappa shape index (κ2) is 6.36. The van der Waals surface area contributed by atoms with Gasteiger partial charge in [-0.1, -0.05) is 17.7 Å². The highest BCUT2D eigenvalue weighted by Gasteiger charge is 2.04. The molecule has 0 unspecified atom stereocenters. The van der Waals surface area contributed by atoms with Crippen LogP contribution in [0, 0.1) is 6.92 Å². The number of rotatable bonds is 5. The van der Waals surface area contributed by atoms with Crippen LogP contribution in [0.2, 0.25) is 0 Å². The first kappa shape index (κ1) is 12.8. The molecule has 0 fully saturated rings. The Hall–Kier alpha value is -1.61. The van der Waals surface area contributed by atoms with Crippen LogP contribution in [0.1, 0.15) is 11.1 Å². The van der Waals surface area contributed by atoms with E-state index in [4.69, 9.17) is 0 Å². The molecule has 1 aromatic carbocycles. The van der Waals surface area contributed by atoms with E-state index in [0.717, 1.165) is 10.5 Å². The van der Waals surface area contributed by atoms with Crippen molar-refractivity contribution in [3.63, 3.8) is 0 Å². The molecule has 0 N–H and O–H groups in total. The molecule has 18 heavy (non-hydrogen) atoms. The van der Waals surface area contributed by atoms with Gasteiger partial charge in [0, 0.05) is 23.7 Å². The lowest BCUT2D eigenvalue weighted by Gasteiger charge is -2.02. The minimum atomic E-state index is 0.243. The second-order valence-corrected chi connectivity index (χ2v) is 5.22. The number of aromatic nitrogens is 1. The highest BCUT2D eigenvalue weighted by Crippen LogP contribution is 2.19. The van der Waals surface area contributed by atoms with E-state index >= 15 is 0 Å². The molecule has 0 aliphatic carbocycles. The van der Waals surface area contributed by atoms with Gasteiger partial charge >= 0.3 is 0 Å². The van der Waals surface area contributed by atoms with Crippen LogP contribution in [-0.4, -0.2) is 16.5 Å². The first-order chi connectivity index (χ1) is 8.74. The highest BCUT2D eigenvalue weighted by atomic mass is 32.2. The van der Waals surface area contributed by atoms with Gasteiger partial charge in [0.25, 0.3) is 0 Å². The highest BCUT2D eigenvalue weighted by molar-refractivity contribution is 8.00. The maximum Gasteiger partial charge on any atom is 0.147 e. The van der Waals surface area contributed by atoms with Crippen molar-refractivity contribution >= 4 is 17.5 Å². The molecule has 2 rings (SSSR count). The van der Waals surface area contributed by atoms with E-state index < -0.39 is 0 Å². The Labute approximate surface area is 111 Å². The van der Waals surface area contributed by atoms with E-state index in [-0.39, 0.29) is 5.78 Å². The Kier molecular flexibility index (Phi) is 4.53. The molecule has 92 valence electrons. The number of Topliss-reactive ketones (excluding diaryl/α,β-unsaturated/α-hetero) is 1. The van der Waals surface area contributed by atoms with E-state index in [9.17, 15) is 4.79 Å². The Morgan fingerprint density at radius 3 is 2.72 bits per heavy atom. The van der Waals surface area contributed by atoms with Crippen LogP contribution in [0.25, 0.3) is 0 Å². The normalized spacial score (nSPS) is 10.3. The lowest BCUT2D eigenvalue weighted by molar-refractivity contribution is -0.116. The van der Waals surface area contributed by atoms with Crippen LogP contribution in [0.5, 0.6) is 0 Å². The number of benzene rings is 1. The van der Waals surface area contributed by atoms with Crippen molar-refractivity contribution < 1.29 is 4.79 Å². The summed E-state index contributed by atoms with van der Waals surface area (Å²) in [5.74, 6) is 0.763. The monoisotopic (exact) mass is 257 g/mol. The van der Waals surface area contributed by atoms with E-state index in [1.165, 1.54) is 5.56 Å². The SMILES string of the molecule is Cc1cccc(SCC(=O)Cc2ccncc2)c1. The van der Waals surface area contributed by atoms with Gasteiger partial charge in [-0.2, -0.15) is 0 Å². The number of carbonyl (C=O) groups is 1. The van der Waals surface area contributed by atoms with E-state index in [1.54, 1.807) is 24.2 Å². The van der Waals surface area contributed by atoms with Crippen LogP contribution in [0.3, 0.4) is 0 Å². The Morgan fingerprint density at radius 2 is 2.00 bits per heavy atom. The van der Waals surface area contributed by atoms with Crippen LogP contribution >= 0.6 is 11.8 Å². The molecular formula is C15H15NOS. The molecule has 1 heterocycles. The number of carbonyl (C=O) groups excluding carboxylic acids is 1. The summed E-state index contributed by atoms with van der Waals surface area (Å²) < 4.78 is 0. The largest absolute Gasteiger partial charge is 0.298 e. The lowest BCUT2D eigenvalue weighted by Crippen LogP contribution is -2.05. The van der Waals surface area contributed by atoms with Gasteiger partial charge in [0.1, 0.15) is 5.78 Å². The number of hydrogen-bond acceptors (Lipinski definition) is 3. The van der Waals surface area contributed by atoms with Crippen molar-refractivity contribution in [1.82, 2.24) is 4.98 Å². The zero-order chi connectivity index (χ0) is 12.8. The second-order valence-electron chi connectivity index (χ2n) is 4.18. The van der Waals surface area contributed by atoms with Crippen molar-refractivity contribution in [3.8, 4) is 0 Å². The summed E-state index contributed by atoms with van der Waals surface area (Å²) in [6.07, 6.45) is 3.92. The number of hydrogen-bond donors (Lipinski definition) is 0. The van der Waals surface area contributed by atoms with Crippen molar-refractivity contribution in [3.05, 3.63) is 59.9 Å². The molecule has 0 saturated carbocycles. The fraction of sp³-hybridized carbons (Fsp3) is 0.200. The van der Waals surface area contributed by atoms with Crippen LogP contribution < -0.4 is 0 Å². The average Bonchev–Trinajstić information content (AvgIpc) is 2.38. The van der Waals surface area contributed by atoms with E-state index in [0.29, 0.717) is 12.2 Å². The predicted molar refractivity (Wildman–Crippen MR) is 74.9 cm³/mol. The summed E-state index contributed by atoms with van der Waals surface area (Å²) in [7, 11) is 0. The van der Waals surface area contributed by atoms with Gasteiger partial charge in [-0.15, -0.1) is 11.8 Å². The van der Waals surface area contributed by atoms with Gasteiger partial charge in [-0.3, -0.25) is 9.78 Å². The molecule has 2 nitrogen and oxygen atoms in total. The summed E-state index contributed by atoms with van der Waals surface area (Å²) in [5, 5.41) is 0. The van der Waals surface area contributed by atoms with Gasteiger partial charge in [0.15, 0.2) is 0 Å². The summed E-state index contributed by atoms with van der Waals surface area (Å²) in [6.45, 7) is 2.06. The maximum absolute atomic E-state index is 11.8. The minimum absolute atomic E-state index is 0.243. The number of aryl methyl sites for hydroxylation is 1. The quantitative estimate of drug-likeness (QED) is 0.770. The Morgan fingerprint density at radius 1 is 1.22 bits per heavy atom. The van der Waals surface area contributed by atoms with Crippen molar-refractivity contribution in [2.24, 2.45) is 0 Å². The first-order valence-electron chi connectivity index (χ1n) is 5.84. The molecule has 2 aromatic rings. The van der Waals surface area contributed by atoms with Crippen molar-refractivity contribution in [1.29, 1.82) is 0 Å². The lowest BCUT2D eigenvalue weighted by atomic mass is 10.1. The molecule has 0 aliphatic heterocycles. The average molecular weight is 257 g/mol. The van der Waals surface area contributed by atoms with Gasteiger partial charge in [0.2, 0.25) is 0 Å². The van der Waals surface area contributed by atoms with Crippen LogP contribution in [0.15, 0.2) is 53.7 Å². The van der Waals surface area contributed by atoms with Crippen molar-refractivity contribution in [2.75, 3.05) is 5.75 Å². The number of pyridine rings is 1. The number of nitrogens with zero attached hydrogens (tertiary/aromatic N) is 1. The summed E-state index contributed by atoms with van der Waals surface area (Å²) >= 11 is 1.60. The molecule has 0 saturated heterocycles.